The maximum Gasteiger partial charge on any atom is 0.315 e. The standard InChI is InChI=1S/C6H9N2OS.W/c1-3-5-4(2-10-3)7-6(9)8-5;/h3-5H,1-2H2,(H2,7,8,9);/q-1;. The van der Waals surface area contributed by atoms with Gasteiger partial charge in [-0.2, -0.15) is 11.8 Å². The fourth-order valence-corrected chi connectivity index (χ4v) is 2.59. The van der Waals surface area contributed by atoms with E-state index < -0.39 is 0 Å². The first-order chi connectivity index (χ1) is 4.77. The molecule has 0 spiro atoms. The van der Waals surface area contributed by atoms with E-state index in [1.165, 1.54) is 0 Å². The van der Waals surface area contributed by atoms with Gasteiger partial charge < -0.3 is 17.6 Å². The molecule has 11 heavy (non-hydrogen) atoms. The van der Waals surface area contributed by atoms with Crippen LogP contribution in [-0.2, 0) is 21.1 Å². The van der Waals surface area contributed by atoms with Gasteiger partial charge in [-0.25, -0.2) is 4.79 Å². The molecule has 3 nitrogen and oxygen atoms in total. The van der Waals surface area contributed by atoms with Crippen LogP contribution in [0.1, 0.15) is 0 Å². The van der Waals surface area contributed by atoms with Gasteiger partial charge in [-0.05, 0) is 0 Å². The van der Waals surface area contributed by atoms with Gasteiger partial charge in [-0.15, -0.1) is 0 Å². The predicted molar refractivity (Wildman–Crippen MR) is 40.8 cm³/mol. The third kappa shape index (κ3) is 1.57. The Morgan fingerprint density at radius 2 is 2.27 bits per heavy atom. The van der Waals surface area contributed by atoms with Crippen molar-refractivity contribution in [2.45, 2.75) is 17.3 Å². The Labute approximate surface area is 84.3 Å². The number of fused-ring (bicyclic) bond motifs is 1. The Hall–Kier alpha value is 0.308. The SMILES string of the molecule is [CH2-]C1SCC2NC(=O)NC21.[W]. The first-order valence-electron chi connectivity index (χ1n) is 3.29. The molecule has 0 bridgehead atoms. The molecular weight excluding hydrogens is 332 g/mol. The predicted octanol–water partition coefficient (Wildman–Crippen LogP) is -0.0166. The van der Waals surface area contributed by atoms with Crippen LogP contribution in [0.5, 0.6) is 0 Å². The maximum atomic E-state index is 10.7. The van der Waals surface area contributed by atoms with Gasteiger partial charge in [-0.1, -0.05) is 5.25 Å². The van der Waals surface area contributed by atoms with Crippen LogP contribution in [0.2, 0.25) is 0 Å². The topological polar surface area (TPSA) is 41.1 Å². The van der Waals surface area contributed by atoms with Crippen molar-refractivity contribution < 1.29 is 25.9 Å². The molecule has 0 aromatic carbocycles. The molecule has 2 aliphatic rings. The van der Waals surface area contributed by atoms with Crippen molar-refractivity contribution in [3.63, 3.8) is 0 Å². The number of hydrogen-bond donors (Lipinski definition) is 2. The van der Waals surface area contributed by atoms with E-state index in [1.54, 1.807) is 11.8 Å². The summed E-state index contributed by atoms with van der Waals surface area (Å²) in [6.45, 7) is 3.92. The second kappa shape index (κ2) is 3.36. The summed E-state index contributed by atoms with van der Waals surface area (Å²) in [6.07, 6.45) is 0. The van der Waals surface area contributed by atoms with Crippen LogP contribution in [-0.4, -0.2) is 29.1 Å². The van der Waals surface area contributed by atoms with Crippen molar-refractivity contribution in [1.29, 1.82) is 0 Å². The fourth-order valence-electron chi connectivity index (χ4n) is 1.38. The number of thioether (sulfide) groups is 1. The van der Waals surface area contributed by atoms with Crippen molar-refractivity contribution in [3.05, 3.63) is 6.92 Å². The van der Waals surface area contributed by atoms with Crippen LogP contribution in [0.4, 0.5) is 4.79 Å². The fraction of sp³-hybridized carbons (Fsp3) is 0.667. The van der Waals surface area contributed by atoms with E-state index in [2.05, 4.69) is 17.6 Å². The van der Waals surface area contributed by atoms with Crippen LogP contribution in [0.15, 0.2) is 0 Å². The van der Waals surface area contributed by atoms with Crippen molar-refractivity contribution >= 4 is 17.8 Å². The van der Waals surface area contributed by atoms with E-state index in [9.17, 15) is 4.79 Å². The van der Waals surface area contributed by atoms with E-state index >= 15 is 0 Å². The Balaban J connectivity index is 0.000000605. The van der Waals surface area contributed by atoms with Gasteiger partial charge in [0.2, 0.25) is 0 Å². The summed E-state index contributed by atoms with van der Waals surface area (Å²) >= 11 is 1.80. The zero-order chi connectivity index (χ0) is 7.14. The normalized spacial score (nSPS) is 40.5. The van der Waals surface area contributed by atoms with Gasteiger partial charge in [0.1, 0.15) is 0 Å². The van der Waals surface area contributed by atoms with Crippen molar-refractivity contribution in [1.82, 2.24) is 10.6 Å². The van der Waals surface area contributed by atoms with E-state index in [0.29, 0.717) is 11.3 Å². The maximum absolute atomic E-state index is 10.7. The van der Waals surface area contributed by atoms with Crippen LogP contribution in [0, 0.1) is 6.92 Å². The minimum atomic E-state index is -0.0380. The number of urea groups is 1. The molecular formula is C6H9N2OSW-. The molecule has 0 aromatic heterocycles. The first kappa shape index (κ1) is 9.40. The summed E-state index contributed by atoms with van der Waals surface area (Å²) in [5.41, 5.74) is 0. The summed E-state index contributed by atoms with van der Waals surface area (Å²) in [5, 5.41) is 5.99. The number of rotatable bonds is 0. The van der Waals surface area contributed by atoms with E-state index in [-0.39, 0.29) is 33.1 Å². The number of carbonyl (C=O) groups is 1. The molecule has 2 rings (SSSR count). The molecule has 2 aliphatic heterocycles. The van der Waals surface area contributed by atoms with Gasteiger partial charge in [0, 0.05) is 32.9 Å². The smallest absolute Gasteiger partial charge is 0.315 e. The van der Waals surface area contributed by atoms with E-state index in [4.69, 9.17) is 0 Å². The van der Waals surface area contributed by atoms with E-state index in [1.807, 2.05) is 0 Å². The Morgan fingerprint density at radius 3 is 2.91 bits per heavy atom. The summed E-state index contributed by atoms with van der Waals surface area (Å²) in [7, 11) is 0. The molecule has 2 saturated heterocycles. The molecule has 0 aromatic rings. The Kier molecular flexibility index (Phi) is 2.87. The van der Waals surface area contributed by atoms with Gasteiger partial charge in [0.15, 0.2) is 0 Å². The molecule has 2 fully saturated rings. The molecule has 2 amide bonds. The molecule has 3 atom stereocenters. The number of carbonyl (C=O) groups excluding carboxylic acids is 1. The molecule has 2 N–H and O–H groups in total. The third-order valence-electron chi connectivity index (χ3n) is 1.94. The molecule has 0 aliphatic carbocycles. The summed E-state index contributed by atoms with van der Waals surface area (Å²) in [6, 6.07) is 0.543. The van der Waals surface area contributed by atoms with Crippen molar-refractivity contribution in [2.75, 3.05) is 5.75 Å². The van der Waals surface area contributed by atoms with E-state index in [0.717, 1.165) is 5.75 Å². The third-order valence-corrected chi connectivity index (χ3v) is 3.21. The number of nitrogens with one attached hydrogen (secondary N) is 2. The van der Waals surface area contributed by atoms with Crippen LogP contribution < -0.4 is 10.6 Å². The number of amides is 2. The zero-order valence-corrected chi connectivity index (χ0v) is 9.62. The van der Waals surface area contributed by atoms with Gasteiger partial charge in [-0.3, -0.25) is 0 Å². The summed E-state index contributed by atoms with van der Waals surface area (Å²) < 4.78 is 0. The van der Waals surface area contributed by atoms with Crippen LogP contribution in [0.3, 0.4) is 0 Å². The molecule has 5 heteroatoms. The minimum absolute atomic E-state index is 0. The zero-order valence-electron chi connectivity index (χ0n) is 5.87. The van der Waals surface area contributed by atoms with Crippen molar-refractivity contribution in [2.24, 2.45) is 0 Å². The Morgan fingerprint density at radius 1 is 1.55 bits per heavy atom. The van der Waals surface area contributed by atoms with Gasteiger partial charge in [0.25, 0.3) is 0 Å². The molecule has 0 radical (unpaired) electrons. The second-order valence-corrected chi connectivity index (χ2v) is 3.89. The van der Waals surface area contributed by atoms with Crippen LogP contribution >= 0.6 is 11.8 Å². The monoisotopic (exact) mass is 341 g/mol. The van der Waals surface area contributed by atoms with Gasteiger partial charge in [0.05, 0.1) is 6.04 Å². The summed E-state index contributed by atoms with van der Waals surface area (Å²) in [5.74, 6) is 0.998. The average molecular weight is 341 g/mol. The summed E-state index contributed by atoms with van der Waals surface area (Å²) in [4.78, 5) is 10.7. The molecule has 62 valence electrons. The second-order valence-electron chi connectivity index (χ2n) is 2.62. The largest absolute Gasteiger partial charge is 0.335 e. The first-order valence-corrected chi connectivity index (χ1v) is 4.34. The van der Waals surface area contributed by atoms with Crippen LogP contribution in [0.25, 0.3) is 0 Å². The molecule has 3 unspecified atom stereocenters. The minimum Gasteiger partial charge on any atom is -0.335 e. The molecule has 0 saturated carbocycles. The quantitative estimate of drug-likeness (QED) is 0.481. The number of hydrogen-bond acceptors (Lipinski definition) is 2. The van der Waals surface area contributed by atoms with Crippen molar-refractivity contribution in [3.8, 4) is 0 Å². The average Bonchev–Trinajstić information content (AvgIpc) is 2.35. The molecule has 2 heterocycles. The van der Waals surface area contributed by atoms with Gasteiger partial charge >= 0.3 is 6.03 Å². The Bertz CT molecular complexity index is 178.